The molecule has 0 aromatic heterocycles. The molecule has 1 heterocycles. The molecule has 7 nitrogen and oxygen atoms in total. The molecule has 1 aliphatic rings. The summed E-state index contributed by atoms with van der Waals surface area (Å²) in [6, 6.07) is -0.172. The van der Waals surface area contributed by atoms with Gasteiger partial charge >= 0.3 is 12.2 Å². The smallest absolute Gasteiger partial charge is 0.407 e. The minimum absolute atomic E-state index is 0.0279. The molecule has 0 aromatic carbocycles. The Kier molecular flexibility index (Phi) is 6.33. The first kappa shape index (κ1) is 17.1. The van der Waals surface area contributed by atoms with E-state index < -0.39 is 12.2 Å². The third-order valence-corrected chi connectivity index (χ3v) is 3.59. The SMILES string of the molecule is C=C([C@@H](NC(=O)OC)C(C)C)N1CC[C@H](NC(=O)OC)C1. The zero-order valence-electron chi connectivity index (χ0n) is 13.1. The van der Waals surface area contributed by atoms with E-state index in [1.54, 1.807) is 0 Å². The highest BCUT2D eigenvalue weighted by Crippen LogP contribution is 2.20. The average molecular weight is 299 g/mol. The minimum Gasteiger partial charge on any atom is -0.453 e. The van der Waals surface area contributed by atoms with Gasteiger partial charge in [-0.05, 0) is 12.3 Å². The molecule has 0 aromatic rings. The molecule has 2 atom stereocenters. The van der Waals surface area contributed by atoms with Crippen molar-refractivity contribution in [2.24, 2.45) is 5.92 Å². The summed E-state index contributed by atoms with van der Waals surface area (Å²) in [5.41, 5.74) is 0.824. The fourth-order valence-electron chi connectivity index (χ4n) is 2.38. The van der Waals surface area contributed by atoms with Gasteiger partial charge in [0.25, 0.3) is 0 Å². The van der Waals surface area contributed by atoms with E-state index in [1.165, 1.54) is 14.2 Å². The number of methoxy groups -OCH3 is 2. The first-order valence-electron chi connectivity index (χ1n) is 7.01. The molecule has 1 saturated heterocycles. The molecule has 0 aliphatic carbocycles. The second-order valence-electron chi connectivity index (χ2n) is 5.42. The number of nitrogens with one attached hydrogen (secondary N) is 2. The topological polar surface area (TPSA) is 79.9 Å². The van der Waals surface area contributed by atoms with Gasteiger partial charge in [-0.3, -0.25) is 0 Å². The number of rotatable bonds is 5. The molecule has 0 unspecified atom stereocenters. The van der Waals surface area contributed by atoms with E-state index in [-0.39, 0.29) is 18.0 Å². The summed E-state index contributed by atoms with van der Waals surface area (Å²) >= 11 is 0. The minimum atomic E-state index is -0.474. The van der Waals surface area contributed by atoms with Crippen LogP contribution >= 0.6 is 0 Å². The van der Waals surface area contributed by atoms with Crippen LogP contribution in [0, 0.1) is 5.92 Å². The lowest BCUT2D eigenvalue weighted by atomic mass is 10.0. The van der Waals surface area contributed by atoms with Crippen molar-refractivity contribution >= 4 is 12.2 Å². The molecule has 0 radical (unpaired) electrons. The zero-order valence-corrected chi connectivity index (χ0v) is 13.1. The van der Waals surface area contributed by atoms with Gasteiger partial charge in [-0.1, -0.05) is 20.4 Å². The van der Waals surface area contributed by atoms with Crippen LogP contribution in [0.2, 0.25) is 0 Å². The number of amides is 2. The largest absolute Gasteiger partial charge is 0.453 e. The number of carbonyl (C=O) groups is 2. The first-order valence-corrected chi connectivity index (χ1v) is 7.01. The molecule has 1 fully saturated rings. The maximum absolute atomic E-state index is 11.4. The monoisotopic (exact) mass is 299 g/mol. The van der Waals surface area contributed by atoms with Crippen molar-refractivity contribution in [3.05, 3.63) is 12.3 Å². The van der Waals surface area contributed by atoms with E-state index in [1.807, 2.05) is 13.8 Å². The van der Waals surface area contributed by atoms with E-state index >= 15 is 0 Å². The third kappa shape index (κ3) is 4.84. The fourth-order valence-corrected chi connectivity index (χ4v) is 2.38. The Bertz CT molecular complexity index is 398. The van der Waals surface area contributed by atoms with Crippen LogP contribution in [0.15, 0.2) is 12.3 Å². The van der Waals surface area contributed by atoms with Crippen molar-refractivity contribution in [2.45, 2.75) is 32.4 Å². The molecule has 1 aliphatic heterocycles. The number of carbonyl (C=O) groups excluding carboxylic acids is 2. The summed E-state index contributed by atoms with van der Waals surface area (Å²) in [7, 11) is 2.68. The lowest BCUT2D eigenvalue weighted by Crippen LogP contribution is -2.45. The number of nitrogens with zero attached hydrogens (tertiary/aromatic N) is 1. The van der Waals surface area contributed by atoms with E-state index in [0.29, 0.717) is 6.54 Å². The number of alkyl carbamates (subject to hydrolysis) is 2. The summed E-state index contributed by atoms with van der Waals surface area (Å²) in [4.78, 5) is 24.7. The Balaban J connectivity index is 2.60. The summed E-state index contributed by atoms with van der Waals surface area (Å²) < 4.78 is 9.24. The van der Waals surface area contributed by atoms with Gasteiger partial charge in [0, 0.05) is 18.8 Å². The number of hydrogen-bond acceptors (Lipinski definition) is 5. The van der Waals surface area contributed by atoms with E-state index in [9.17, 15) is 9.59 Å². The Morgan fingerprint density at radius 1 is 1.24 bits per heavy atom. The summed E-state index contributed by atoms with van der Waals surface area (Å²) in [6.45, 7) is 9.53. The number of hydrogen-bond donors (Lipinski definition) is 2. The first-order chi connectivity index (χ1) is 9.88. The van der Waals surface area contributed by atoms with Crippen molar-refractivity contribution in [1.29, 1.82) is 0 Å². The van der Waals surface area contributed by atoms with E-state index in [2.05, 4.69) is 31.6 Å². The highest BCUT2D eigenvalue weighted by atomic mass is 16.5. The highest BCUT2D eigenvalue weighted by Gasteiger charge is 2.30. The second kappa shape index (κ2) is 7.75. The maximum Gasteiger partial charge on any atom is 0.407 e. The normalized spacial score (nSPS) is 19.1. The van der Waals surface area contributed by atoms with Gasteiger partial charge in [0.2, 0.25) is 0 Å². The molecule has 0 saturated carbocycles. The van der Waals surface area contributed by atoms with Crippen molar-refractivity contribution in [2.75, 3.05) is 27.3 Å². The fraction of sp³-hybridized carbons (Fsp3) is 0.714. The van der Waals surface area contributed by atoms with Gasteiger partial charge < -0.3 is 25.0 Å². The van der Waals surface area contributed by atoms with Crippen LogP contribution in [-0.2, 0) is 9.47 Å². The quantitative estimate of drug-likeness (QED) is 0.800. The lowest BCUT2D eigenvalue weighted by Gasteiger charge is -2.31. The zero-order chi connectivity index (χ0) is 16.0. The van der Waals surface area contributed by atoms with Crippen LogP contribution in [0.3, 0.4) is 0 Å². The molecule has 2 N–H and O–H groups in total. The van der Waals surface area contributed by atoms with Crippen molar-refractivity contribution < 1.29 is 19.1 Å². The Morgan fingerprint density at radius 2 is 1.86 bits per heavy atom. The lowest BCUT2D eigenvalue weighted by molar-refractivity contribution is 0.162. The van der Waals surface area contributed by atoms with Gasteiger partial charge in [-0.2, -0.15) is 0 Å². The third-order valence-electron chi connectivity index (χ3n) is 3.59. The molecular weight excluding hydrogens is 274 g/mol. The summed E-state index contributed by atoms with van der Waals surface area (Å²) in [5.74, 6) is 0.184. The summed E-state index contributed by atoms with van der Waals surface area (Å²) in [6.07, 6.45) is -0.0872. The summed E-state index contributed by atoms with van der Waals surface area (Å²) in [5, 5.41) is 5.57. The van der Waals surface area contributed by atoms with Crippen LogP contribution in [0.4, 0.5) is 9.59 Å². The van der Waals surface area contributed by atoms with Gasteiger partial charge in [0.1, 0.15) is 0 Å². The number of likely N-dealkylation sites (tertiary alicyclic amines) is 1. The van der Waals surface area contributed by atoms with Gasteiger partial charge in [-0.15, -0.1) is 0 Å². The van der Waals surface area contributed by atoms with Gasteiger partial charge in [-0.25, -0.2) is 9.59 Å². The van der Waals surface area contributed by atoms with Gasteiger partial charge in [0.15, 0.2) is 0 Å². The molecular formula is C14H25N3O4. The van der Waals surface area contributed by atoms with Crippen LogP contribution < -0.4 is 10.6 Å². The average Bonchev–Trinajstić information content (AvgIpc) is 2.91. The van der Waals surface area contributed by atoms with Crippen LogP contribution in [0.25, 0.3) is 0 Å². The van der Waals surface area contributed by atoms with Crippen molar-refractivity contribution in [1.82, 2.24) is 15.5 Å². The Hall–Kier alpha value is -1.92. The molecule has 0 bridgehead atoms. The van der Waals surface area contributed by atoms with E-state index in [0.717, 1.165) is 18.7 Å². The highest BCUT2D eigenvalue weighted by molar-refractivity contribution is 5.68. The number of ether oxygens (including phenoxy) is 2. The molecule has 1 rings (SSSR count). The molecule has 7 heteroatoms. The van der Waals surface area contributed by atoms with Gasteiger partial charge in [0.05, 0.1) is 26.3 Å². The predicted molar refractivity (Wildman–Crippen MR) is 78.8 cm³/mol. The Labute approximate surface area is 125 Å². The molecule has 0 spiro atoms. The van der Waals surface area contributed by atoms with Crippen LogP contribution in [0.5, 0.6) is 0 Å². The Morgan fingerprint density at radius 3 is 2.38 bits per heavy atom. The predicted octanol–water partition coefficient (Wildman–Crippen LogP) is 1.31. The van der Waals surface area contributed by atoms with Crippen LogP contribution in [-0.4, -0.2) is 56.5 Å². The standard InChI is InChI=1S/C14H25N3O4/c1-9(2)12(16-14(19)21-5)10(3)17-7-6-11(8-17)15-13(18)20-4/h9,11-12H,3,6-8H2,1-2,4-5H3,(H,15,18)(H,16,19)/t11-,12-/m0/s1. The molecule has 120 valence electrons. The maximum atomic E-state index is 11.4. The molecule has 2 amide bonds. The van der Waals surface area contributed by atoms with Crippen LogP contribution in [0.1, 0.15) is 20.3 Å². The van der Waals surface area contributed by atoms with Crippen molar-refractivity contribution in [3.63, 3.8) is 0 Å². The van der Waals surface area contributed by atoms with Crippen molar-refractivity contribution in [3.8, 4) is 0 Å². The molecule has 21 heavy (non-hydrogen) atoms. The second-order valence-corrected chi connectivity index (χ2v) is 5.42. The van der Waals surface area contributed by atoms with E-state index in [4.69, 9.17) is 0 Å².